The zero-order valence-electron chi connectivity index (χ0n) is 12.5. The van der Waals surface area contributed by atoms with E-state index in [4.69, 9.17) is 11.6 Å². The van der Waals surface area contributed by atoms with Gasteiger partial charge in [0.1, 0.15) is 5.02 Å². The lowest BCUT2D eigenvalue weighted by Crippen LogP contribution is -2.14. The third-order valence-corrected chi connectivity index (χ3v) is 6.29. The van der Waals surface area contributed by atoms with Gasteiger partial charge in [0, 0.05) is 17.5 Å². The van der Waals surface area contributed by atoms with Crippen LogP contribution in [0.3, 0.4) is 0 Å². The van der Waals surface area contributed by atoms with Gasteiger partial charge < -0.3 is 5.32 Å². The van der Waals surface area contributed by atoms with Crippen molar-refractivity contribution in [2.24, 2.45) is 0 Å². The Morgan fingerprint density at radius 1 is 1.38 bits per heavy atom. The predicted octanol–water partition coefficient (Wildman–Crippen LogP) is 4.33. The molecule has 1 N–H and O–H groups in total. The highest BCUT2D eigenvalue weighted by molar-refractivity contribution is 8.03. The van der Waals surface area contributed by atoms with Crippen molar-refractivity contribution in [2.75, 3.05) is 16.8 Å². The number of nitro groups is 1. The van der Waals surface area contributed by atoms with Crippen molar-refractivity contribution < 1.29 is 9.72 Å². The minimum atomic E-state index is -0.594. The highest BCUT2D eigenvalue weighted by Crippen LogP contribution is 2.30. The molecule has 0 aliphatic carbocycles. The molecule has 24 heavy (non-hydrogen) atoms. The number of halogens is 1. The van der Waals surface area contributed by atoms with E-state index >= 15 is 0 Å². The maximum atomic E-state index is 11.9. The Bertz CT molecular complexity index is 741. The third-order valence-electron chi connectivity index (χ3n) is 2.57. The van der Waals surface area contributed by atoms with E-state index < -0.39 is 4.92 Å². The molecule has 0 saturated heterocycles. The number of benzene rings is 1. The molecule has 128 valence electrons. The van der Waals surface area contributed by atoms with Crippen LogP contribution in [0.5, 0.6) is 0 Å². The van der Waals surface area contributed by atoms with Gasteiger partial charge in [-0.1, -0.05) is 53.4 Å². The van der Waals surface area contributed by atoms with Crippen LogP contribution in [0.15, 0.2) is 26.9 Å². The van der Waals surface area contributed by atoms with E-state index in [9.17, 15) is 14.9 Å². The second-order valence-electron chi connectivity index (χ2n) is 4.44. The quantitative estimate of drug-likeness (QED) is 0.397. The molecule has 0 saturated carbocycles. The summed E-state index contributed by atoms with van der Waals surface area (Å²) in [5.74, 6) is 0.841. The first-order valence-corrected chi connectivity index (χ1v) is 9.99. The number of nitro benzene ring substituents is 1. The molecule has 7 nitrogen and oxygen atoms in total. The minimum absolute atomic E-state index is 0.0262. The normalized spacial score (nSPS) is 10.6. The standard InChI is InChI=1S/C13H13ClN4O3S3/c1-2-5-22-12-16-17-13(24-12)23-7-11(19)15-8-3-4-9(14)10(6-8)18(20)21/h3-4,6H,2,5,7H2,1H3,(H,15,19). The first-order chi connectivity index (χ1) is 11.5. The van der Waals surface area contributed by atoms with Crippen molar-refractivity contribution in [3.8, 4) is 0 Å². The molecule has 1 aromatic carbocycles. The van der Waals surface area contributed by atoms with E-state index in [0.29, 0.717) is 10.0 Å². The molecule has 1 heterocycles. The van der Waals surface area contributed by atoms with E-state index in [0.717, 1.165) is 16.5 Å². The highest BCUT2D eigenvalue weighted by Gasteiger charge is 2.14. The number of nitrogens with zero attached hydrogens (tertiary/aromatic N) is 3. The maximum absolute atomic E-state index is 11.9. The van der Waals surface area contributed by atoms with E-state index in [2.05, 4.69) is 22.4 Å². The largest absolute Gasteiger partial charge is 0.325 e. The highest BCUT2D eigenvalue weighted by atomic mass is 35.5. The Hall–Kier alpha value is -1.36. The summed E-state index contributed by atoms with van der Waals surface area (Å²) in [4.78, 5) is 22.2. The van der Waals surface area contributed by atoms with Crippen LogP contribution < -0.4 is 5.32 Å². The van der Waals surface area contributed by atoms with Crippen molar-refractivity contribution in [1.82, 2.24) is 10.2 Å². The third kappa shape index (κ3) is 5.62. The number of rotatable bonds is 8. The Morgan fingerprint density at radius 3 is 2.75 bits per heavy atom. The number of hydrogen-bond acceptors (Lipinski definition) is 8. The number of aromatic nitrogens is 2. The van der Waals surface area contributed by atoms with Crippen LogP contribution in [-0.2, 0) is 4.79 Å². The van der Waals surface area contributed by atoms with Crippen molar-refractivity contribution in [2.45, 2.75) is 22.0 Å². The average Bonchev–Trinajstić information content (AvgIpc) is 3.00. The van der Waals surface area contributed by atoms with Crippen LogP contribution in [-0.4, -0.2) is 32.5 Å². The SMILES string of the molecule is CCCSc1nnc(SCC(=O)Nc2ccc(Cl)c([N+](=O)[O-])c2)s1. The van der Waals surface area contributed by atoms with Crippen molar-refractivity contribution in [3.05, 3.63) is 33.3 Å². The zero-order valence-corrected chi connectivity index (χ0v) is 15.7. The second kappa shape index (κ2) is 9.21. The summed E-state index contributed by atoms with van der Waals surface area (Å²) in [6.07, 6.45) is 1.06. The first kappa shape index (κ1) is 19.0. The predicted molar refractivity (Wildman–Crippen MR) is 98.4 cm³/mol. The van der Waals surface area contributed by atoms with Gasteiger partial charge in [-0.15, -0.1) is 10.2 Å². The van der Waals surface area contributed by atoms with Gasteiger partial charge in [0.2, 0.25) is 5.91 Å². The monoisotopic (exact) mass is 404 g/mol. The van der Waals surface area contributed by atoms with Crippen LogP contribution in [0, 0.1) is 10.1 Å². The lowest BCUT2D eigenvalue weighted by atomic mass is 10.3. The minimum Gasteiger partial charge on any atom is -0.325 e. The fourth-order valence-electron chi connectivity index (χ4n) is 1.56. The number of amides is 1. The van der Waals surface area contributed by atoms with Crippen LogP contribution in [0.4, 0.5) is 11.4 Å². The Morgan fingerprint density at radius 2 is 2.08 bits per heavy atom. The molecule has 11 heteroatoms. The molecule has 2 aromatic rings. The molecule has 0 bridgehead atoms. The van der Waals surface area contributed by atoms with Gasteiger partial charge >= 0.3 is 0 Å². The molecule has 1 aromatic heterocycles. The molecule has 0 radical (unpaired) electrons. The smallest absolute Gasteiger partial charge is 0.289 e. The van der Waals surface area contributed by atoms with E-state index in [-0.39, 0.29) is 22.4 Å². The summed E-state index contributed by atoms with van der Waals surface area (Å²) in [7, 11) is 0. The summed E-state index contributed by atoms with van der Waals surface area (Å²) >= 11 is 10.1. The molecule has 2 rings (SSSR count). The number of anilines is 1. The van der Waals surface area contributed by atoms with Gasteiger partial charge in [-0.2, -0.15) is 0 Å². The fourth-order valence-corrected chi connectivity index (χ4v) is 4.49. The number of carbonyl (C=O) groups excluding carboxylic acids is 1. The van der Waals surface area contributed by atoms with Crippen LogP contribution in [0.25, 0.3) is 0 Å². The Kier molecular flexibility index (Phi) is 7.28. The number of hydrogen-bond donors (Lipinski definition) is 1. The summed E-state index contributed by atoms with van der Waals surface area (Å²) in [5, 5.41) is 21.5. The molecule has 0 atom stereocenters. The first-order valence-electron chi connectivity index (χ1n) is 6.82. The average molecular weight is 405 g/mol. The van der Waals surface area contributed by atoms with Crippen LogP contribution in [0.1, 0.15) is 13.3 Å². The summed E-state index contributed by atoms with van der Waals surface area (Å²) in [5.41, 5.74) is 0.0805. The summed E-state index contributed by atoms with van der Waals surface area (Å²) < 4.78 is 1.60. The Balaban J connectivity index is 1.88. The molecule has 0 aliphatic rings. The van der Waals surface area contributed by atoms with Crippen molar-refractivity contribution >= 4 is 63.7 Å². The van der Waals surface area contributed by atoms with Gasteiger partial charge in [0.25, 0.3) is 5.69 Å². The summed E-state index contributed by atoms with van der Waals surface area (Å²) in [6, 6.07) is 4.13. The van der Waals surface area contributed by atoms with E-state index in [1.54, 1.807) is 11.8 Å². The van der Waals surface area contributed by atoms with Gasteiger partial charge in [-0.25, -0.2) is 0 Å². The topological polar surface area (TPSA) is 98.0 Å². The van der Waals surface area contributed by atoms with Crippen molar-refractivity contribution in [3.63, 3.8) is 0 Å². The number of carbonyl (C=O) groups is 1. The lowest BCUT2D eigenvalue weighted by molar-refractivity contribution is -0.384. The number of nitrogens with one attached hydrogen (secondary N) is 1. The fraction of sp³-hybridized carbons (Fsp3) is 0.308. The second-order valence-corrected chi connectivity index (χ2v) is 8.39. The molecular formula is C13H13ClN4O3S3. The van der Waals surface area contributed by atoms with Crippen LogP contribution in [0.2, 0.25) is 5.02 Å². The Labute approximate surface area is 155 Å². The van der Waals surface area contributed by atoms with Crippen LogP contribution >= 0.6 is 46.5 Å². The molecule has 0 fully saturated rings. The maximum Gasteiger partial charge on any atom is 0.289 e. The van der Waals surface area contributed by atoms with Crippen molar-refractivity contribution in [1.29, 1.82) is 0 Å². The van der Waals surface area contributed by atoms with Gasteiger partial charge in [-0.05, 0) is 18.6 Å². The molecule has 1 amide bonds. The molecular weight excluding hydrogens is 392 g/mol. The van der Waals surface area contributed by atoms with E-state index in [1.165, 1.54) is 41.3 Å². The lowest BCUT2D eigenvalue weighted by Gasteiger charge is -2.04. The van der Waals surface area contributed by atoms with Gasteiger partial charge in [0.05, 0.1) is 10.7 Å². The molecule has 0 unspecified atom stereocenters. The van der Waals surface area contributed by atoms with Gasteiger partial charge in [-0.3, -0.25) is 14.9 Å². The van der Waals surface area contributed by atoms with Gasteiger partial charge in [0.15, 0.2) is 8.68 Å². The number of thioether (sulfide) groups is 2. The molecule has 0 spiro atoms. The summed E-state index contributed by atoms with van der Waals surface area (Å²) in [6.45, 7) is 2.09. The zero-order chi connectivity index (χ0) is 17.5. The molecule has 0 aliphatic heterocycles. The van der Waals surface area contributed by atoms with E-state index in [1.807, 2.05) is 0 Å².